The molecule has 3 N–H and O–H groups in total. The maximum absolute atomic E-state index is 12.9. The zero-order valence-corrected chi connectivity index (χ0v) is 17.7. The number of nitrogens with one attached hydrogen (secondary N) is 3. The third-order valence-corrected chi connectivity index (χ3v) is 6.47. The van der Waals surface area contributed by atoms with Gasteiger partial charge in [-0.05, 0) is 50.9 Å². The molecular weight excluding hydrogens is 354 g/mol. The Kier molecular flexibility index (Phi) is 6.50. The topological polar surface area (TPSA) is 88.5 Å². The normalized spacial score (nSPS) is 27.4. The Morgan fingerprint density at radius 2 is 1.86 bits per heavy atom. The number of nitrogens with zero attached hydrogens (tertiary/aromatic N) is 2. The molecule has 2 heterocycles. The lowest BCUT2D eigenvalue weighted by molar-refractivity contribution is -0.131. The van der Waals surface area contributed by atoms with E-state index in [2.05, 4.69) is 24.5 Å². The number of amides is 3. The molecule has 0 aromatic rings. The lowest BCUT2D eigenvalue weighted by atomic mass is 9.90. The number of hydrogen-bond donors (Lipinski definition) is 3. The summed E-state index contributed by atoms with van der Waals surface area (Å²) in [5, 5.41) is 14.5. The van der Waals surface area contributed by atoms with Gasteiger partial charge in [0.2, 0.25) is 0 Å². The van der Waals surface area contributed by atoms with Gasteiger partial charge in [0, 0.05) is 25.7 Å². The fourth-order valence-electron chi connectivity index (χ4n) is 5.00. The molecule has 0 spiro atoms. The van der Waals surface area contributed by atoms with Crippen molar-refractivity contribution in [1.82, 2.24) is 20.4 Å². The Balaban J connectivity index is 1.47. The maximum atomic E-state index is 12.9. The number of guanidine groups is 1. The van der Waals surface area contributed by atoms with Crippen LogP contribution in [0.5, 0.6) is 0 Å². The zero-order chi connectivity index (χ0) is 20.3. The lowest BCUT2D eigenvalue weighted by Gasteiger charge is -2.35. The largest absolute Gasteiger partial charge is 0.342 e. The van der Waals surface area contributed by atoms with Gasteiger partial charge >= 0.3 is 6.03 Å². The molecule has 3 fully saturated rings. The van der Waals surface area contributed by atoms with Crippen molar-refractivity contribution in [3.05, 3.63) is 0 Å². The SMILES string of the molecule is CC(C)CC1(C)NC(=N)N(CC2CCN(C(=O)NC3CCCCC3)CC2)C1=O. The van der Waals surface area contributed by atoms with Crippen molar-refractivity contribution in [3.8, 4) is 0 Å². The molecule has 7 heteroatoms. The van der Waals surface area contributed by atoms with Gasteiger partial charge in [-0.15, -0.1) is 0 Å². The van der Waals surface area contributed by atoms with Crippen LogP contribution in [0.25, 0.3) is 0 Å². The minimum Gasteiger partial charge on any atom is -0.342 e. The first-order chi connectivity index (χ1) is 13.3. The van der Waals surface area contributed by atoms with Crippen LogP contribution in [-0.4, -0.2) is 58.9 Å². The summed E-state index contributed by atoms with van der Waals surface area (Å²) < 4.78 is 0. The van der Waals surface area contributed by atoms with Crippen LogP contribution in [0.1, 0.15) is 72.1 Å². The zero-order valence-electron chi connectivity index (χ0n) is 17.7. The molecule has 1 aliphatic carbocycles. The molecule has 3 rings (SSSR count). The highest BCUT2D eigenvalue weighted by Crippen LogP contribution is 2.27. The van der Waals surface area contributed by atoms with Crippen LogP contribution in [-0.2, 0) is 4.79 Å². The molecule has 0 aromatic heterocycles. The van der Waals surface area contributed by atoms with Crippen LogP contribution in [0.15, 0.2) is 0 Å². The summed E-state index contributed by atoms with van der Waals surface area (Å²) >= 11 is 0. The second kappa shape index (κ2) is 8.70. The van der Waals surface area contributed by atoms with Crippen molar-refractivity contribution >= 4 is 17.9 Å². The van der Waals surface area contributed by atoms with Crippen LogP contribution in [0.4, 0.5) is 4.79 Å². The van der Waals surface area contributed by atoms with Crippen LogP contribution < -0.4 is 10.6 Å². The average Bonchev–Trinajstić information content (AvgIpc) is 2.85. The molecule has 1 saturated carbocycles. The fourth-order valence-corrected chi connectivity index (χ4v) is 5.00. The Bertz CT molecular complexity index is 594. The van der Waals surface area contributed by atoms with Gasteiger partial charge in [0.1, 0.15) is 5.54 Å². The minimum absolute atomic E-state index is 0.0173. The molecular formula is C21H37N5O2. The number of urea groups is 1. The van der Waals surface area contributed by atoms with Gasteiger partial charge in [0.25, 0.3) is 5.91 Å². The highest BCUT2D eigenvalue weighted by Gasteiger charge is 2.46. The molecule has 28 heavy (non-hydrogen) atoms. The van der Waals surface area contributed by atoms with E-state index in [-0.39, 0.29) is 17.9 Å². The second-order valence-electron chi connectivity index (χ2n) is 9.53. The monoisotopic (exact) mass is 391 g/mol. The van der Waals surface area contributed by atoms with Gasteiger partial charge in [-0.3, -0.25) is 15.1 Å². The van der Waals surface area contributed by atoms with E-state index < -0.39 is 5.54 Å². The molecule has 0 bridgehead atoms. The van der Waals surface area contributed by atoms with E-state index in [4.69, 9.17) is 5.41 Å². The molecule has 2 saturated heterocycles. The molecule has 3 aliphatic rings. The summed E-state index contributed by atoms with van der Waals surface area (Å²) in [6.07, 6.45) is 8.41. The Morgan fingerprint density at radius 1 is 1.21 bits per heavy atom. The first kappa shape index (κ1) is 20.9. The average molecular weight is 392 g/mol. The van der Waals surface area contributed by atoms with E-state index in [1.807, 2.05) is 11.8 Å². The molecule has 0 aromatic carbocycles. The maximum Gasteiger partial charge on any atom is 0.317 e. The smallest absolute Gasteiger partial charge is 0.317 e. The molecule has 2 aliphatic heterocycles. The van der Waals surface area contributed by atoms with E-state index in [9.17, 15) is 9.59 Å². The lowest BCUT2D eigenvalue weighted by Crippen LogP contribution is -2.49. The Morgan fingerprint density at radius 3 is 2.46 bits per heavy atom. The standard InChI is InChI=1S/C21H37N5O2/c1-15(2)13-21(3)18(27)26(19(22)24-21)14-16-9-11-25(12-10-16)20(28)23-17-7-5-4-6-8-17/h15-17H,4-14H2,1-3H3,(H2,22,24)(H,23,28). The summed E-state index contributed by atoms with van der Waals surface area (Å²) in [5.74, 6) is 0.973. The van der Waals surface area contributed by atoms with Crippen molar-refractivity contribution < 1.29 is 9.59 Å². The van der Waals surface area contributed by atoms with E-state index >= 15 is 0 Å². The summed E-state index contributed by atoms with van der Waals surface area (Å²) in [6.45, 7) is 8.14. The highest BCUT2D eigenvalue weighted by atomic mass is 16.2. The third-order valence-electron chi connectivity index (χ3n) is 6.47. The number of rotatable bonds is 5. The first-order valence-corrected chi connectivity index (χ1v) is 11.0. The second-order valence-corrected chi connectivity index (χ2v) is 9.53. The van der Waals surface area contributed by atoms with E-state index in [1.54, 1.807) is 4.90 Å². The molecule has 3 amide bonds. The van der Waals surface area contributed by atoms with E-state index in [0.29, 0.717) is 24.4 Å². The molecule has 1 atom stereocenters. The number of piperidine rings is 1. The highest BCUT2D eigenvalue weighted by molar-refractivity contribution is 6.07. The Hall–Kier alpha value is -1.79. The van der Waals surface area contributed by atoms with Crippen LogP contribution in [0.3, 0.4) is 0 Å². The molecule has 0 radical (unpaired) electrons. The van der Waals surface area contributed by atoms with Crippen LogP contribution >= 0.6 is 0 Å². The van der Waals surface area contributed by atoms with Crippen molar-refractivity contribution in [1.29, 1.82) is 5.41 Å². The van der Waals surface area contributed by atoms with E-state index in [0.717, 1.165) is 45.2 Å². The summed E-state index contributed by atoms with van der Waals surface area (Å²) in [5.41, 5.74) is -0.661. The molecule has 1 unspecified atom stereocenters. The van der Waals surface area contributed by atoms with Gasteiger partial charge in [-0.1, -0.05) is 33.1 Å². The number of carbonyl (C=O) groups is 2. The fraction of sp³-hybridized carbons (Fsp3) is 0.857. The molecule has 7 nitrogen and oxygen atoms in total. The predicted molar refractivity (Wildman–Crippen MR) is 110 cm³/mol. The Labute approximate surface area is 169 Å². The summed E-state index contributed by atoms with van der Waals surface area (Å²) in [4.78, 5) is 28.9. The van der Waals surface area contributed by atoms with Gasteiger partial charge in [0.15, 0.2) is 5.96 Å². The van der Waals surface area contributed by atoms with Gasteiger partial charge in [-0.2, -0.15) is 0 Å². The third kappa shape index (κ3) is 4.78. The number of likely N-dealkylation sites (tertiary alicyclic amines) is 1. The van der Waals surface area contributed by atoms with Crippen LogP contribution in [0.2, 0.25) is 0 Å². The van der Waals surface area contributed by atoms with Crippen LogP contribution in [0, 0.1) is 17.2 Å². The van der Waals surface area contributed by atoms with Gasteiger partial charge in [0.05, 0.1) is 0 Å². The summed E-state index contributed by atoms with van der Waals surface area (Å²) in [7, 11) is 0. The predicted octanol–water partition coefficient (Wildman–Crippen LogP) is 2.91. The van der Waals surface area contributed by atoms with Crippen molar-refractivity contribution in [2.24, 2.45) is 11.8 Å². The van der Waals surface area contributed by atoms with E-state index in [1.165, 1.54) is 19.3 Å². The van der Waals surface area contributed by atoms with Crippen molar-refractivity contribution in [2.45, 2.75) is 83.7 Å². The first-order valence-electron chi connectivity index (χ1n) is 11.0. The van der Waals surface area contributed by atoms with Crippen molar-refractivity contribution in [3.63, 3.8) is 0 Å². The number of hydrogen-bond acceptors (Lipinski definition) is 3. The molecule has 158 valence electrons. The quantitative estimate of drug-likeness (QED) is 0.673. The van der Waals surface area contributed by atoms with Gasteiger partial charge in [-0.25, -0.2) is 4.79 Å². The summed E-state index contributed by atoms with van der Waals surface area (Å²) in [6, 6.07) is 0.410. The van der Waals surface area contributed by atoms with Crippen molar-refractivity contribution in [2.75, 3.05) is 19.6 Å². The minimum atomic E-state index is -0.661. The van der Waals surface area contributed by atoms with Gasteiger partial charge < -0.3 is 15.5 Å². The number of carbonyl (C=O) groups excluding carboxylic acids is 2.